The fourth-order valence-electron chi connectivity index (χ4n) is 4.56. The van der Waals surface area contributed by atoms with Crippen LogP contribution in [0.1, 0.15) is 47.0 Å². The quantitative estimate of drug-likeness (QED) is 0.814. The zero-order chi connectivity index (χ0) is 15.2. The molecule has 0 aromatic rings. The number of fused-ring (bicyclic) bond motifs is 1. The van der Waals surface area contributed by atoms with Gasteiger partial charge in [-0.2, -0.15) is 0 Å². The number of nitrogens with one attached hydrogen (secondary N) is 2. The Bertz CT molecular complexity index is 364. The summed E-state index contributed by atoms with van der Waals surface area (Å²) in [7, 11) is 2.17. The number of hydrogen-bond acceptors (Lipinski definition) is 4. The first kappa shape index (κ1) is 15.7. The molecule has 3 rings (SSSR count). The van der Waals surface area contributed by atoms with Crippen LogP contribution in [0, 0.1) is 17.3 Å². The van der Waals surface area contributed by atoms with Crippen molar-refractivity contribution in [2.45, 2.75) is 65.2 Å². The molecular formula is C17H34N4. The van der Waals surface area contributed by atoms with Gasteiger partial charge in [0, 0.05) is 38.1 Å². The number of piperidine rings is 1. The molecule has 3 heterocycles. The van der Waals surface area contributed by atoms with E-state index in [-0.39, 0.29) is 0 Å². The highest BCUT2D eigenvalue weighted by Gasteiger charge is 2.44. The van der Waals surface area contributed by atoms with Crippen molar-refractivity contribution < 1.29 is 0 Å². The van der Waals surface area contributed by atoms with Gasteiger partial charge in [0.05, 0.1) is 6.17 Å². The van der Waals surface area contributed by atoms with Crippen LogP contribution in [0.15, 0.2) is 0 Å². The van der Waals surface area contributed by atoms with Crippen molar-refractivity contribution >= 4 is 0 Å². The van der Waals surface area contributed by atoms with Crippen LogP contribution in [-0.2, 0) is 0 Å². The second-order valence-electron chi connectivity index (χ2n) is 8.72. The van der Waals surface area contributed by atoms with E-state index in [2.05, 4.69) is 55.4 Å². The molecule has 3 fully saturated rings. The van der Waals surface area contributed by atoms with Crippen LogP contribution in [0.3, 0.4) is 0 Å². The van der Waals surface area contributed by atoms with Crippen molar-refractivity contribution in [1.82, 2.24) is 20.7 Å². The van der Waals surface area contributed by atoms with Gasteiger partial charge in [0.25, 0.3) is 0 Å². The van der Waals surface area contributed by atoms with Crippen molar-refractivity contribution in [3.05, 3.63) is 0 Å². The number of nitrogens with zero attached hydrogens (tertiary/aromatic N) is 2. The van der Waals surface area contributed by atoms with E-state index in [0.717, 1.165) is 11.8 Å². The maximum atomic E-state index is 3.97. The first-order chi connectivity index (χ1) is 9.84. The van der Waals surface area contributed by atoms with Crippen molar-refractivity contribution in [2.75, 3.05) is 26.7 Å². The lowest BCUT2D eigenvalue weighted by molar-refractivity contribution is 0.0784. The summed E-state index contributed by atoms with van der Waals surface area (Å²) in [6.07, 6.45) is 4.78. The molecule has 5 atom stereocenters. The van der Waals surface area contributed by atoms with Crippen LogP contribution < -0.4 is 10.7 Å². The third-order valence-electron chi connectivity index (χ3n) is 5.92. The Morgan fingerprint density at radius 2 is 2.00 bits per heavy atom. The largest absolute Gasteiger partial charge is 0.298 e. The molecule has 0 saturated carbocycles. The first-order valence-electron chi connectivity index (χ1n) is 8.82. The van der Waals surface area contributed by atoms with Gasteiger partial charge < -0.3 is 0 Å². The van der Waals surface area contributed by atoms with E-state index in [4.69, 9.17) is 0 Å². The Hall–Kier alpha value is -0.160. The molecule has 0 aromatic carbocycles. The maximum absolute atomic E-state index is 3.97. The molecule has 0 spiro atoms. The lowest BCUT2D eigenvalue weighted by atomic mass is 9.83. The molecule has 3 aliphatic rings. The lowest BCUT2D eigenvalue weighted by Crippen LogP contribution is -2.53. The minimum absolute atomic E-state index is 0.380. The van der Waals surface area contributed by atoms with Gasteiger partial charge in [-0.05, 0) is 44.1 Å². The monoisotopic (exact) mass is 294 g/mol. The summed E-state index contributed by atoms with van der Waals surface area (Å²) in [5, 5.41) is 6.24. The lowest BCUT2D eigenvalue weighted by Gasteiger charge is -2.39. The molecule has 0 bridgehead atoms. The zero-order valence-corrected chi connectivity index (χ0v) is 14.5. The maximum Gasteiger partial charge on any atom is 0.0629 e. The summed E-state index contributed by atoms with van der Waals surface area (Å²) in [5.74, 6) is 1.62. The van der Waals surface area contributed by atoms with Crippen molar-refractivity contribution in [1.29, 1.82) is 0 Å². The molecule has 5 unspecified atom stereocenters. The Balaban J connectivity index is 1.64. The Labute approximate surface area is 130 Å². The second kappa shape index (κ2) is 5.80. The van der Waals surface area contributed by atoms with Crippen LogP contribution in [0.2, 0.25) is 0 Å². The van der Waals surface area contributed by atoms with Crippen LogP contribution in [-0.4, -0.2) is 54.8 Å². The van der Waals surface area contributed by atoms with Gasteiger partial charge >= 0.3 is 0 Å². The average molecular weight is 294 g/mol. The van der Waals surface area contributed by atoms with Gasteiger partial charge in [-0.3, -0.25) is 15.6 Å². The third-order valence-corrected chi connectivity index (χ3v) is 5.92. The van der Waals surface area contributed by atoms with E-state index in [1.54, 1.807) is 0 Å². The summed E-state index contributed by atoms with van der Waals surface area (Å²) in [5.41, 5.74) is 3.92. The summed E-state index contributed by atoms with van der Waals surface area (Å²) >= 11 is 0. The number of likely N-dealkylation sites (tertiary alicyclic amines) is 1. The van der Waals surface area contributed by atoms with Crippen LogP contribution in [0.5, 0.6) is 0 Å². The molecule has 21 heavy (non-hydrogen) atoms. The highest BCUT2D eigenvalue weighted by Crippen LogP contribution is 2.38. The third kappa shape index (κ3) is 3.29. The molecular weight excluding hydrogens is 260 g/mol. The standard InChI is InChI=1S/C17H34N4/c1-12-14(10-20(5)19-12)11-21-8-6-7-13-9-15(17(2,3)4)18-16(13)21/h12-16,18-19H,6-11H2,1-5H3. The summed E-state index contributed by atoms with van der Waals surface area (Å²) < 4.78 is 0. The molecule has 122 valence electrons. The predicted molar refractivity (Wildman–Crippen MR) is 87.8 cm³/mol. The highest BCUT2D eigenvalue weighted by atomic mass is 15.5. The SMILES string of the molecule is CC1NN(C)CC1CN1CCCC2CC(C(C)(C)C)NC21. The molecule has 3 saturated heterocycles. The van der Waals surface area contributed by atoms with Crippen molar-refractivity contribution in [3.8, 4) is 0 Å². The average Bonchev–Trinajstić information content (AvgIpc) is 2.93. The predicted octanol–water partition coefficient (Wildman–Crippen LogP) is 1.89. The first-order valence-corrected chi connectivity index (χ1v) is 8.82. The molecule has 0 aliphatic carbocycles. The summed E-state index contributed by atoms with van der Waals surface area (Å²) in [6.45, 7) is 13.2. The van der Waals surface area contributed by atoms with Crippen LogP contribution >= 0.6 is 0 Å². The van der Waals surface area contributed by atoms with E-state index >= 15 is 0 Å². The minimum Gasteiger partial charge on any atom is -0.298 e. The molecule has 0 radical (unpaired) electrons. The minimum atomic E-state index is 0.380. The van der Waals surface area contributed by atoms with Gasteiger partial charge in [-0.1, -0.05) is 20.8 Å². The van der Waals surface area contributed by atoms with E-state index in [9.17, 15) is 0 Å². The summed E-state index contributed by atoms with van der Waals surface area (Å²) in [4.78, 5) is 2.75. The summed E-state index contributed by atoms with van der Waals surface area (Å²) in [6, 6.07) is 1.28. The number of rotatable bonds is 2. The Kier molecular flexibility index (Phi) is 4.34. The zero-order valence-electron chi connectivity index (χ0n) is 14.5. The topological polar surface area (TPSA) is 30.5 Å². The van der Waals surface area contributed by atoms with E-state index in [1.807, 2.05) is 0 Å². The van der Waals surface area contributed by atoms with Crippen LogP contribution in [0.4, 0.5) is 0 Å². The van der Waals surface area contributed by atoms with E-state index < -0.39 is 0 Å². The molecule has 0 amide bonds. The van der Waals surface area contributed by atoms with E-state index in [1.165, 1.54) is 38.9 Å². The molecule has 4 heteroatoms. The molecule has 4 nitrogen and oxygen atoms in total. The smallest absolute Gasteiger partial charge is 0.0629 e. The van der Waals surface area contributed by atoms with Crippen LogP contribution in [0.25, 0.3) is 0 Å². The molecule has 3 aliphatic heterocycles. The van der Waals surface area contributed by atoms with Crippen molar-refractivity contribution in [2.24, 2.45) is 17.3 Å². The van der Waals surface area contributed by atoms with E-state index in [0.29, 0.717) is 23.7 Å². The van der Waals surface area contributed by atoms with Gasteiger partial charge in [0.15, 0.2) is 0 Å². The van der Waals surface area contributed by atoms with Gasteiger partial charge in [0.2, 0.25) is 0 Å². The molecule has 2 N–H and O–H groups in total. The number of hydrazine groups is 1. The number of hydrogen-bond donors (Lipinski definition) is 2. The Morgan fingerprint density at radius 1 is 1.24 bits per heavy atom. The fraction of sp³-hybridized carbons (Fsp3) is 1.00. The van der Waals surface area contributed by atoms with Gasteiger partial charge in [0.1, 0.15) is 0 Å². The second-order valence-corrected chi connectivity index (χ2v) is 8.72. The van der Waals surface area contributed by atoms with Crippen molar-refractivity contribution in [3.63, 3.8) is 0 Å². The Morgan fingerprint density at radius 3 is 2.62 bits per heavy atom. The highest BCUT2D eigenvalue weighted by molar-refractivity contribution is 4.98. The van der Waals surface area contributed by atoms with Gasteiger partial charge in [-0.15, -0.1) is 0 Å². The molecule has 0 aromatic heterocycles. The van der Waals surface area contributed by atoms with Gasteiger partial charge in [-0.25, -0.2) is 5.01 Å². The normalized spacial score (nSPS) is 42.4. The fourth-order valence-corrected chi connectivity index (χ4v) is 4.56.